The van der Waals surface area contributed by atoms with Gasteiger partial charge >= 0.3 is 0 Å². The Balaban J connectivity index is 1.28. The minimum Gasteiger partial charge on any atom is -0.474 e. The zero-order chi connectivity index (χ0) is 20.8. The molecule has 0 atom stereocenters. The van der Waals surface area contributed by atoms with E-state index in [1.807, 2.05) is 12.1 Å². The summed E-state index contributed by atoms with van der Waals surface area (Å²) in [6.45, 7) is 0.334. The summed E-state index contributed by atoms with van der Waals surface area (Å²) in [5, 5.41) is 7.71. The predicted octanol–water partition coefficient (Wildman–Crippen LogP) is 3.56. The van der Waals surface area contributed by atoms with Gasteiger partial charge in [0, 0.05) is 23.7 Å². The summed E-state index contributed by atoms with van der Waals surface area (Å²) >= 11 is 1.26. The minimum absolute atomic E-state index is 0.117. The largest absolute Gasteiger partial charge is 0.474 e. The van der Waals surface area contributed by atoms with Crippen LogP contribution in [0.5, 0.6) is 5.88 Å². The van der Waals surface area contributed by atoms with E-state index in [0.717, 1.165) is 18.4 Å². The van der Waals surface area contributed by atoms with Crippen molar-refractivity contribution in [2.45, 2.75) is 44.8 Å². The quantitative estimate of drug-likeness (QED) is 0.570. The van der Waals surface area contributed by atoms with E-state index in [9.17, 15) is 9.59 Å². The first-order valence-electron chi connectivity index (χ1n) is 9.84. The van der Waals surface area contributed by atoms with Gasteiger partial charge in [-0.05, 0) is 43.9 Å². The number of amides is 2. The van der Waals surface area contributed by atoms with Gasteiger partial charge in [-0.2, -0.15) is 0 Å². The average molecular weight is 426 g/mol. The molecule has 1 saturated carbocycles. The lowest BCUT2D eigenvalue weighted by molar-refractivity contribution is -0.120. The molecule has 9 heteroatoms. The number of nitrogens with one attached hydrogen (secondary N) is 2. The molecule has 2 amide bonds. The van der Waals surface area contributed by atoms with Crippen LogP contribution in [0.4, 0.5) is 5.13 Å². The van der Waals surface area contributed by atoms with Gasteiger partial charge in [0.25, 0.3) is 5.91 Å². The SMILES string of the molecule is O=C(Cc1csc(NC(=O)c2ccco2)n1)NCc1cccnc1OC1CCCC1. The lowest BCUT2D eigenvalue weighted by Gasteiger charge is -2.15. The zero-order valence-corrected chi connectivity index (χ0v) is 17.1. The molecule has 3 heterocycles. The maximum absolute atomic E-state index is 12.3. The normalized spacial score (nSPS) is 13.9. The second-order valence-corrected chi connectivity index (χ2v) is 7.88. The van der Waals surface area contributed by atoms with E-state index >= 15 is 0 Å². The summed E-state index contributed by atoms with van der Waals surface area (Å²) in [6.07, 6.45) is 7.91. The summed E-state index contributed by atoms with van der Waals surface area (Å²) in [5.74, 6) is 0.245. The second kappa shape index (κ2) is 9.53. The van der Waals surface area contributed by atoms with Gasteiger partial charge in [0.15, 0.2) is 10.9 Å². The predicted molar refractivity (Wildman–Crippen MR) is 111 cm³/mol. The fourth-order valence-electron chi connectivity index (χ4n) is 3.26. The van der Waals surface area contributed by atoms with E-state index in [2.05, 4.69) is 20.6 Å². The zero-order valence-electron chi connectivity index (χ0n) is 16.3. The van der Waals surface area contributed by atoms with Crippen LogP contribution >= 0.6 is 11.3 Å². The van der Waals surface area contributed by atoms with Crippen LogP contribution in [0.2, 0.25) is 0 Å². The summed E-state index contributed by atoms with van der Waals surface area (Å²) in [4.78, 5) is 32.9. The summed E-state index contributed by atoms with van der Waals surface area (Å²) in [6, 6.07) is 6.94. The number of furan rings is 1. The smallest absolute Gasteiger partial charge is 0.293 e. The average Bonchev–Trinajstić information content (AvgIpc) is 3.51. The molecule has 3 aromatic rings. The Bertz CT molecular complexity index is 996. The number of anilines is 1. The molecule has 30 heavy (non-hydrogen) atoms. The number of ether oxygens (including phenoxy) is 1. The molecule has 0 bridgehead atoms. The summed E-state index contributed by atoms with van der Waals surface area (Å²) in [7, 11) is 0. The second-order valence-electron chi connectivity index (χ2n) is 7.02. The molecule has 2 N–H and O–H groups in total. The molecular weight excluding hydrogens is 404 g/mol. The topological polar surface area (TPSA) is 106 Å². The molecule has 3 aromatic heterocycles. The van der Waals surface area contributed by atoms with Crippen LogP contribution in [0, 0.1) is 0 Å². The third-order valence-corrected chi connectivity index (χ3v) is 5.57. The summed E-state index contributed by atoms with van der Waals surface area (Å²) in [5.41, 5.74) is 1.43. The van der Waals surface area contributed by atoms with Crippen molar-refractivity contribution < 1.29 is 18.7 Å². The van der Waals surface area contributed by atoms with E-state index in [1.54, 1.807) is 23.7 Å². The maximum atomic E-state index is 12.3. The fraction of sp³-hybridized carbons (Fsp3) is 0.333. The van der Waals surface area contributed by atoms with Crippen LogP contribution in [-0.2, 0) is 17.8 Å². The van der Waals surface area contributed by atoms with Gasteiger partial charge in [0.05, 0.1) is 18.4 Å². The summed E-state index contributed by atoms with van der Waals surface area (Å²) < 4.78 is 11.1. The van der Waals surface area contributed by atoms with Crippen molar-refractivity contribution in [1.29, 1.82) is 0 Å². The van der Waals surface area contributed by atoms with Gasteiger partial charge in [-0.15, -0.1) is 11.3 Å². The standard InChI is InChI=1S/C21H22N4O4S/c26-18(11-15-13-30-21(24-15)25-19(27)17-8-4-10-28-17)23-12-14-5-3-9-22-20(14)29-16-6-1-2-7-16/h3-5,8-10,13,16H,1-2,6-7,11-12H2,(H,23,26)(H,24,25,27). The van der Waals surface area contributed by atoms with Crippen LogP contribution < -0.4 is 15.4 Å². The molecule has 4 rings (SSSR count). The highest BCUT2D eigenvalue weighted by atomic mass is 32.1. The van der Waals surface area contributed by atoms with Crippen molar-refractivity contribution in [1.82, 2.24) is 15.3 Å². The number of nitrogens with zero attached hydrogens (tertiary/aromatic N) is 2. The molecule has 0 spiro atoms. The minimum atomic E-state index is -0.378. The van der Waals surface area contributed by atoms with Crippen molar-refractivity contribution in [2.75, 3.05) is 5.32 Å². The van der Waals surface area contributed by atoms with Crippen molar-refractivity contribution in [2.24, 2.45) is 0 Å². The molecule has 0 radical (unpaired) electrons. The van der Waals surface area contributed by atoms with E-state index in [-0.39, 0.29) is 30.1 Å². The number of thiazole rings is 1. The molecule has 1 aliphatic rings. The van der Waals surface area contributed by atoms with Crippen molar-refractivity contribution in [3.05, 3.63) is 59.1 Å². The lowest BCUT2D eigenvalue weighted by atomic mass is 10.2. The first kappa shape index (κ1) is 20.1. The van der Waals surface area contributed by atoms with E-state index in [0.29, 0.717) is 23.3 Å². The Morgan fingerprint density at radius 3 is 2.90 bits per heavy atom. The van der Waals surface area contributed by atoms with Gasteiger partial charge in [-0.25, -0.2) is 9.97 Å². The van der Waals surface area contributed by atoms with E-state index in [4.69, 9.17) is 9.15 Å². The van der Waals surface area contributed by atoms with E-state index < -0.39 is 0 Å². The Kier molecular flexibility index (Phi) is 6.38. The Hall–Kier alpha value is -3.20. The molecule has 156 valence electrons. The molecule has 0 aliphatic heterocycles. The Morgan fingerprint density at radius 1 is 1.23 bits per heavy atom. The van der Waals surface area contributed by atoms with Gasteiger partial charge in [0.2, 0.25) is 11.8 Å². The first-order chi connectivity index (χ1) is 14.7. The molecular formula is C21H22N4O4S. The highest BCUT2D eigenvalue weighted by Crippen LogP contribution is 2.25. The van der Waals surface area contributed by atoms with Crippen LogP contribution in [0.15, 0.2) is 46.5 Å². The molecule has 1 fully saturated rings. The van der Waals surface area contributed by atoms with Gasteiger partial charge in [-0.3, -0.25) is 14.9 Å². The molecule has 0 saturated heterocycles. The van der Waals surface area contributed by atoms with Crippen molar-refractivity contribution in [3.8, 4) is 5.88 Å². The number of hydrogen-bond donors (Lipinski definition) is 2. The molecule has 8 nitrogen and oxygen atoms in total. The third-order valence-electron chi connectivity index (χ3n) is 4.77. The van der Waals surface area contributed by atoms with Gasteiger partial charge < -0.3 is 14.5 Å². The molecule has 1 aliphatic carbocycles. The molecule has 0 unspecified atom stereocenters. The number of carbonyl (C=O) groups is 2. The number of carbonyl (C=O) groups excluding carboxylic acids is 2. The Labute approximate surface area is 177 Å². The monoisotopic (exact) mass is 426 g/mol. The number of aromatic nitrogens is 2. The highest BCUT2D eigenvalue weighted by Gasteiger charge is 2.19. The van der Waals surface area contributed by atoms with Crippen LogP contribution in [0.3, 0.4) is 0 Å². The van der Waals surface area contributed by atoms with Crippen molar-refractivity contribution >= 4 is 28.3 Å². The third kappa shape index (κ3) is 5.24. The van der Waals surface area contributed by atoms with Crippen LogP contribution in [0.1, 0.15) is 47.5 Å². The van der Waals surface area contributed by atoms with E-state index in [1.165, 1.54) is 30.4 Å². The Morgan fingerprint density at radius 2 is 2.10 bits per heavy atom. The lowest BCUT2D eigenvalue weighted by Crippen LogP contribution is -2.25. The maximum Gasteiger partial charge on any atom is 0.293 e. The fourth-order valence-corrected chi connectivity index (χ4v) is 3.97. The number of pyridine rings is 1. The molecule has 0 aromatic carbocycles. The number of rotatable bonds is 8. The van der Waals surface area contributed by atoms with Gasteiger partial charge in [0.1, 0.15) is 6.10 Å². The first-order valence-corrected chi connectivity index (χ1v) is 10.7. The van der Waals surface area contributed by atoms with Gasteiger partial charge in [-0.1, -0.05) is 6.07 Å². The van der Waals surface area contributed by atoms with Crippen LogP contribution in [-0.4, -0.2) is 27.9 Å². The van der Waals surface area contributed by atoms with Crippen molar-refractivity contribution in [3.63, 3.8) is 0 Å². The highest BCUT2D eigenvalue weighted by molar-refractivity contribution is 7.14. The van der Waals surface area contributed by atoms with Crippen LogP contribution in [0.25, 0.3) is 0 Å². The number of hydrogen-bond acceptors (Lipinski definition) is 7.